The van der Waals surface area contributed by atoms with Crippen LogP contribution in [-0.4, -0.2) is 25.0 Å². The van der Waals surface area contributed by atoms with Gasteiger partial charge in [0.05, 0.1) is 0 Å². The maximum absolute atomic E-state index is 13.9. The molecule has 0 spiro atoms. The summed E-state index contributed by atoms with van der Waals surface area (Å²) in [5, 5.41) is 2.86. The maximum atomic E-state index is 13.9. The van der Waals surface area contributed by atoms with E-state index >= 15 is 0 Å². The highest BCUT2D eigenvalue weighted by atomic mass is 32.1. The Morgan fingerprint density at radius 1 is 1.22 bits per heavy atom. The highest BCUT2D eigenvalue weighted by molar-refractivity contribution is 7.16. The standard InChI is InChI=1S/C21H20FN3OS/c1-25(2)20-13-15(11-12-23-20)14-24-21(26)10-8-16-7-9-19(27-16)17-5-3-4-6-18(17)22/h3-13H,14H2,1-2H3,(H,24,26)/b10-8+. The van der Waals surface area contributed by atoms with Crippen molar-refractivity contribution < 1.29 is 9.18 Å². The van der Waals surface area contributed by atoms with Gasteiger partial charge in [-0.3, -0.25) is 4.79 Å². The van der Waals surface area contributed by atoms with Gasteiger partial charge in [0.1, 0.15) is 11.6 Å². The minimum Gasteiger partial charge on any atom is -0.363 e. The fourth-order valence-corrected chi connectivity index (χ4v) is 3.41. The number of nitrogens with zero attached hydrogens (tertiary/aromatic N) is 2. The predicted octanol–water partition coefficient (Wildman–Crippen LogP) is 4.34. The van der Waals surface area contributed by atoms with Gasteiger partial charge in [-0.15, -0.1) is 11.3 Å². The SMILES string of the molecule is CN(C)c1cc(CNC(=O)/C=C/c2ccc(-c3ccccc3F)s2)ccn1. The third-order valence-electron chi connectivity index (χ3n) is 3.90. The molecular formula is C21H20FN3OS. The van der Waals surface area contributed by atoms with Gasteiger partial charge < -0.3 is 10.2 Å². The molecule has 0 aliphatic rings. The molecule has 0 saturated heterocycles. The van der Waals surface area contributed by atoms with Crippen molar-refractivity contribution in [2.75, 3.05) is 19.0 Å². The van der Waals surface area contributed by atoms with Crippen molar-refractivity contribution in [3.8, 4) is 10.4 Å². The van der Waals surface area contributed by atoms with Gasteiger partial charge in [-0.1, -0.05) is 18.2 Å². The number of hydrogen-bond donors (Lipinski definition) is 1. The Morgan fingerprint density at radius 3 is 2.81 bits per heavy atom. The largest absolute Gasteiger partial charge is 0.363 e. The van der Waals surface area contributed by atoms with E-state index in [2.05, 4.69) is 10.3 Å². The highest BCUT2D eigenvalue weighted by Crippen LogP contribution is 2.30. The number of amides is 1. The zero-order valence-electron chi connectivity index (χ0n) is 15.1. The molecule has 3 rings (SSSR count). The zero-order valence-corrected chi connectivity index (χ0v) is 16.0. The Kier molecular flexibility index (Phi) is 5.98. The molecule has 0 saturated carbocycles. The molecule has 6 heteroatoms. The van der Waals surface area contributed by atoms with Crippen LogP contribution in [0.2, 0.25) is 0 Å². The third kappa shape index (κ3) is 5.01. The number of nitrogens with one attached hydrogen (secondary N) is 1. The Labute approximate surface area is 162 Å². The maximum Gasteiger partial charge on any atom is 0.244 e. The van der Waals surface area contributed by atoms with Crippen LogP contribution in [0.5, 0.6) is 0 Å². The van der Waals surface area contributed by atoms with Crippen LogP contribution in [-0.2, 0) is 11.3 Å². The number of benzene rings is 1. The van der Waals surface area contributed by atoms with Crippen LogP contribution >= 0.6 is 11.3 Å². The van der Waals surface area contributed by atoms with Crippen LogP contribution in [0.25, 0.3) is 16.5 Å². The first-order valence-electron chi connectivity index (χ1n) is 8.46. The molecule has 2 aromatic heterocycles. The number of pyridine rings is 1. The number of rotatable bonds is 6. The second-order valence-corrected chi connectivity index (χ2v) is 7.27. The van der Waals surface area contributed by atoms with Gasteiger partial charge in [0.25, 0.3) is 0 Å². The van der Waals surface area contributed by atoms with Crippen LogP contribution in [0.3, 0.4) is 0 Å². The first-order valence-corrected chi connectivity index (χ1v) is 9.27. The number of carbonyl (C=O) groups is 1. The van der Waals surface area contributed by atoms with E-state index < -0.39 is 0 Å². The fourth-order valence-electron chi connectivity index (χ4n) is 2.47. The van der Waals surface area contributed by atoms with E-state index in [9.17, 15) is 9.18 Å². The topological polar surface area (TPSA) is 45.2 Å². The van der Waals surface area contributed by atoms with Gasteiger partial charge in [-0.2, -0.15) is 0 Å². The van der Waals surface area contributed by atoms with E-state index in [1.807, 2.05) is 49.3 Å². The monoisotopic (exact) mass is 381 g/mol. The normalized spacial score (nSPS) is 10.9. The quantitative estimate of drug-likeness (QED) is 0.646. The molecule has 2 heterocycles. The summed E-state index contributed by atoms with van der Waals surface area (Å²) in [6.07, 6.45) is 4.95. The van der Waals surface area contributed by atoms with E-state index in [0.29, 0.717) is 12.1 Å². The molecule has 138 valence electrons. The van der Waals surface area contributed by atoms with Gasteiger partial charge in [-0.25, -0.2) is 9.37 Å². The Morgan fingerprint density at radius 2 is 2.04 bits per heavy atom. The molecule has 1 aromatic carbocycles. The molecule has 0 radical (unpaired) electrons. The number of carbonyl (C=O) groups excluding carboxylic acids is 1. The molecule has 4 nitrogen and oxygen atoms in total. The molecule has 1 amide bonds. The molecule has 0 atom stereocenters. The van der Waals surface area contributed by atoms with Gasteiger partial charge in [-0.05, 0) is 42.0 Å². The molecule has 0 aliphatic heterocycles. The Balaban J connectivity index is 1.59. The van der Waals surface area contributed by atoms with E-state index in [1.165, 1.54) is 23.5 Å². The molecule has 1 N–H and O–H groups in total. The minimum absolute atomic E-state index is 0.181. The lowest BCUT2D eigenvalue weighted by atomic mass is 10.2. The van der Waals surface area contributed by atoms with Crippen LogP contribution < -0.4 is 10.2 Å². The van der Waals surface area contributed by atoms with Crippen molar-refractivity contribution in [1.82, 2.24) is 10.3 Å². The Hall–Kier alpha value is -2.99. The van der Waals surface area contributed by atoms with Gasteiger partial charge in [0.2, 0.25) is 5.91 Å². The summed E-state index contributed by atoms with van der Waals surface area (Å²) >= 11 is 1.44. The summed E-state index contributed by atoms with van der Waals surface area (Å²) in [7, 11) is 3.84. The van der Waals surface area contributed by atoms with E-state index in [1.54, 1.807) is 24.4 Å². The zero-order chi connectivity index (χ0) is 19.2. The van der Waals surface area contributed by atoms with Gasteiger partial charge in [0.15, 0.2) is 0 Å². The van der Waals surface area contributed by atoms with Crippen LogP contribution in [0.15, 0.2) is 60.8 Å². The molecule has 0 aliphatic carbocycles. The number of anilines is 1. The second-order valence-electron chi connectivity index (χ2n) is 6.15. The van der Waals surface area contributed by atoms with Crippen molar-refractivity contribution in [1.29, 1.82) is 0 Å². The molecular weight excluding hydrogens is 361 g/mol. The first-order chi connectivity index (χ1) is 13.0. The fraction of sp³-hybridized carbons (Fsp3) is 0.143. The van der Waals surface area contributed by atoms with Crippen LogP contribution in [0, 0.1) is 5.82 Å². The van der Waals surface area contributed by atoms with Crippen molar-refractivity contribution in [3.63, 3.8) is 0 Å². The minimum atomic E-state index is -0.248. The van der Waals surface area contributed by atoms with Crippen LogP contribution in [0.4, 0.5) is 10.2 Å². The van der Waals surface area contributed by atoms with Gasteiger partial charge in [0, 0.05) is 48.2 Å². The van der Waals surface area contributed by atoms with Gasteiger partial charge >= 0.3 is 0 Å². The van der Waals surface area contributed by atoms with Crippen molar-refractivity contribution in [2.24, 2.45) is 0 Å². The summed E-state index contributed by atoms with van der Waals surface area (Å²) in [5.41, 5.74) is 1.55. The molecule has 0 bridgehead atoms. The third-order valence-corrected chi connectivity index (χ3v) is 4.98. The Bertz CT molecular complexity index is 965. The summed E-state index contributed by atoms with van der Waals surface area (Å²) in [5.74, 6) is 0.415. The summed E-state index contributed by atoms with van der Waals surface area (Å²) in [6, 6.07) is 14.2. The average Bonchev–Trinajstić information content (AvgIpc) is 3.14. The van der Waals surface area contributed by atoms with Crippen molar-refractivity contribution >= 4 is 29.1 Å². The number of thiophene rings is 1. The van der Waals surface area contributed by atoms with Crippen LogP contribution in [0.1, 0.15) is 10.4 Å². The number of halogens is 1. The lowest BCUT2D eigenvalue weighted by molar-refractivity contribution is -0.116. The summed E-state index contributed by atoms with van der Waals surface area (Å²) < 4.78 is 13.9. The van der Waals surface area contributed by atoms with E-state index in [4.69, 9.17) is 0 Å². The molecule has 27 heavy (non-hydrogen) atoms. The number of hydrogen-bond acceptors (Lipinski definition) is 4. The van der Waals surface area contributed by atoms with Crippen molar-refractivity contribution in [2.45, 2.75) is 6.54 Å². The average molecular weight is 381 g/mol. The smallest absolute Gasteiger partial charge is 0.244 e. The summed E-state index contributed by atoms with van der Waals surface area (Å²) in [6.45, 7) is 0.428. The lowest BCUT2D eigenvalue weighted by Crippen LogP contribution is -2.20. The predicted molar refractivity (Wildman–Crippen MR) is 109 cm³/mol. The highest BCUT2D eigenvalue weighted by Gasteiger charge is 2.06. The molecule has 3 aromatic rings. The molecule has 0 fully saturated rings. The second kappa shape index (κ2) is 8.60. The first kappa shape index (κ1) is 18.8. The van der Waals surface area contributed by atoms with E-state index in [-0.39, 0.29) is 11.7 Å². The molecule has 0 unspecified atom stereocenters. The number of aromatic nitrogens is 1. The van der Waals surface area contributed by atoms with Crippen molar-refractivity contribution in [3.05, 3.63) is 77.1 Å². The lowest BCUT2D eigenvalue weighted by Gasteiger charge is -2.12. The summed E-state index contributed by atoms with van der Waals surface area (Å²) in [4.78, 5) is 19.9. The van der Waals surface area contributed by atoms with E-state index in [0.717, 1.165) is 21.1 Å².